The van der Waals surface area contributed by atoms with Crippen LogP contribution >= 0.6 is 0 Å². The number of amides is 2. The first-order chi connectivity index (χ1) is 15.6. The normalized spacial score (nSPS) is 11.2. The van der Waals surface area contributed by atoms with Gasteiger partial charge in [0.2, 0.25) is 11.8 Å². The van der Waals surface area contributed by atoms with Crippen LogP contribution in [0.15, 0.2) is 53.3 Å². The number of hydrogen-bond donors (Lipinski definition) is 2. The minimum absolute atomic E-state index is 0.208. The lowest BCUT2D eigenvalue weighted by atomic mass is 10.3. The number of hydrogen-bond acceptors (Lipinski definition) is 7. The van der Waals surface area contributed by atoms with E-state index in [1.165, 1.54) is 4.52 Å². The quantitative estimate of drug-likeness (QED) is 0.418. The van der Waals surface area contributed by atoms with Crippen LogP contribution in [0.4, 0.5) is 16.4 Å². The van der Waals surface area contributed by atoms with Gasteiger partial charge < -0.3 is 14.5 Å². The molecule has 0 aliphatic carbocycles. The second kappa shape index (κ2) is 8.02. The van der Waals surface area contributed by atoms with E-state index in [4.69, 9.17) is 9.15 Å². The number of aromatic nitrogens is 6. The number of rotatable bonds is 6. The summed E-state index contributed by atoms with van der Waals surface area (Å²) in [5.74, 6) is 1.78. The van der Waals surface area contributed by atoms with Gasteiger partial charge in [-0.2, -0.15) is 9.61 Å². The number of nitrogens with one attached hydrogen (secondary N) is 2. The SMILES string of the molecule is CCCn1cc2nc(NC(=O)Nc3ccc(OC)cc3)n3nc(-c4ccco4)nc3c2n1. The van der Waals surface area contributed by atoms with Gasteiger partial charge >= 0.3 is 6.03 Å². The van der Waals surface area contributed by atoms with Crippen LogP contribution in [0.1, 0.15) is 13.3 Å². The Morgan fingerprint density at radius 1 is 1.12 bits per heavy atom. The van der Waals surface area contributed by atoms with Gasteiger partial charge in [0.05, 0.1) is 19.6 Å². The van der Waals surface area contributed by atoms with Crippen LogP contribution in [-0.4, -0.2) is 42.5 Å². The van der Waals surface area contributed by atoms with Crippen molar-refractivity contribution in [3.63, 3.8) is 0 Å². The molecule has 0 saturated carbocycles. The summed E-state index contributed by atoms with van der Waals surface area (Å²) in [6, 6.07) is 10.0. The maximum Gasteiger partial charge on any atom is 0.326 e. The van der Waals surface area contributed by atoms with Crippen molar-refractivity contribution in [1.82, 2.24) is 29.4 Å². The summed E-state index contributed by atoms with van der Waals surface area (Å²) >= 11 is 0. The maximum absolute atomic E-state index is 12.7. The minimum atomic E-state index is -0.473. The van der Waals surface area contributed by atoms with Gasteiger partial charge in [-0.15, -0.1) is 5.10 Å². The van der Waals surface area contributed by atoms with E-state index < -0.39 is 6.03 Å². The molecule has 32 heavy (non-hydrogen) atoms. The molecule has 11 nitrogen and oxygen atoms in total. The number of carbonyl (C=O) groups is 1. The molecule has 5 aromatic rings. The highest BCUT2D eigenvalue weighted by Gasteiger charge is 2.19. The highest BCUT2D eigenvalue weighted by atomic mass is 16.5. The molecular formula is C21H20N8O3. The fraction of sp³-hybridized carbons (Fsp3) is 0.190. The van der Waals surface area contributed by atoms with Gasteiger partial charge in [0, 0.05) is 12.2 Å². The van der Waals surface area contributed by atoms with E-state index in [1.54, 1.807) is 54.5 Å². The van der Waals surface area contributed by atoms with Crippen LogP contribution < -0.4 is 15.4 Å². The monoisotopic (exact) mass is 432 g/mol. The Bertz CT molecular complexity index is 1390. The molecule has 0 radical (unpaired) electrons. The van der Waals surface area contributed by atoms with E-state index in [2.05, 4.69) is 37.7 Å². The number of aryl methyl sites for hydroxylation is 1. The average Bonchev–Trinajstić information content (AvgIpc) is 3.53. The molecule has 162 valence electrons. The van der Waals surface area contributed by atoms with Crippen LogP contribution in [0.5, 0.6) is 5.75 Å². The van der Waals surface area contributed by atoms with E-state index >= 15 is 0 Å². The molecule has 0 fully saturated rings. The highest BCUT2D eigenvalue weighted by Crippen LogP contribution is 2.24. The number of fused-ring (bicyclic) bond motifs is 3. The molecule has 0 aliphatic rings. The summed E-state index contributed by atoms with van der Waals surface area (Å²) in [6.07, 6.45) is 4.29. The lowest BCUT2D eigenvalue weighted by Gasteiger charge is -2.08. The summed E-state index contributed by atoms with van der Waals surface area (Å²) < 4.78 is 13.8. The van der Waals surface area contributed by atoms with Gasteiger partial charge in [-0.25, -0.2) is 14.8 Å². The Morgan fingerprint density at radius 3 is 2.69 bits per heavy atom. The van der Waals surface area contributed by atoms with Crippen LogP contribution in [0.2, 0.25) is 0 Å². The minimum Gasteiger partial charge on any atom is -0.497 e. The largest absolute Gasteiger partial charge is 0.497 e. The molecule has 2 N–H and O–H groups in total. The number of anilines is 2. The van der Waals surface area contributed by atoms with Gasteiger partial charge in [0.15, 0.2) is 16.9 Å². The maximum atomic E-state index is 12.7. The molecular weight excluding hydrogens is 412 g/mol. The first-order valence-electron chi connectivity index (χ1n) is 10.0. The van der Waals surface area contributed by atoms with Gasteiger partial charge in [0.1, 0.15) is 11.3 Å². The Hall–Kier alpha value is -4.41. The summed E-state index contributed by atoms with van der Waals surface area (Å²) in [4.78, 5) is 21.8. The molecule has 0 unspecified atom stereocenters. The first-order valence-corrected chi connectivity index (χ1v) is 10.0. The Morgan fingerprint density at radius 2 is 1.97 bits per heavy atom. The molecule has 11 heteroatoms. The first kappa shape index (κ1) is 19.5. The van der Waals surface area contributed by atoms with Crippen molar-refractivity contribution in [2.45, 2.75) is 19.9 Å². The van der Waals surface area contributed by atoms with Crippen molar-refractivity contribution < 1.29 is 13.9 Å². The third-order valence-corrected chi connectivity index (χ3v) is 4.76. The molecule has 0 bridgehead atoms. The van der Waals surface area contributed by atoms with E-state index in [0.717, 1.165) is 13.0 Å². The number of benzene rings is 1. The van der Waals surface area contributed by atoms with Gasteiger partial charge in [-0.05, 0) is 42.8 Å². The van der Waals surface area contributed by atoms with Crippen molar-refractivity contribution in [3.05, 3.63) is 48.9 Å². The average molecular weight is 432 g/mol. The van der Waals surface area contributed by atoms with E-state index in [0.29, 0.717) is 39.7 Å². The zero-order valence-corrected chi connectivity index (χ0v) is 17.4. The lowest BCUT2D eigenvalue weighted by molar-refractivity contribution is 0.262. The molecule has 4 heterocycles. The molecule has 0 saturated heterocycles. The van der Waals surface area contributed by atoms with Crippen molar-refractivity contribution >= 4 is 34.3 Å². The van der Waals surface area contributed by atoms with Crippen LogP contribution in [0, 0.1) is 0 Å². The van der Waals surface area contributed by atoms with E-state index in [1.807, 2.05) is 6.20 Å². The summed E-state index contributed by atoms with van der Waals surface area (Å²) in [5.41, 5.74) is 2.26. The molecule has 2 amide bonds. The van der Waals surface area contributed by atoms with Crippen molar-refractivity contribution in [1.29, 1.82) is 0 Å². The third kappa shape index (κ3) is 3.60. The predicted molar refractivity (Wildman–Crippen MR) is 118 cm³/mol. The van der Waals surface area contributed by atoms with Crippen LogP contribution in [0.25, 0.3) is 28.3 Å². The summed E-state index contributed by atoms with van der Waals surface area (Å²) in [7, 11) is 1.58. The number of furan rings is 1. The second-order valence-corrected chi connectivity index (χ2v) is 7.02. The smallest absolute Gasteiger partial charge is 0.326 e. The number of methoxy groups -OCH3 is 1. The number of carbonyl (C=O) groups excluding carboxylic acids is 1. The lowest BCUT2D eigenvalue weighted by Crippen LogP contribution is -2.22. The summed E-state index contributed by atoms with van der Waals surface area (Å²) in [5, 5.41) is 14.6. The molecule has 5 rings (SSSR count). The fourth-order valence-corrected chi connectivity index (χ4v) is 3.30. The van der Waals surface area contributed by atoms with Gasteiger partial charge in [-0.3, -0.25) is 10.00 Å². The van der Waals surface area contributed by atoms with Crippen molar-refractivity contribution in [3.8, 4) is 17.3 Å². The summed E-state index contributed by atoms with van der Waals surface area (Å²) in [6.45, 7) is 2.81. The van der Waals surface area contributed by atoms with Crippen LogP contribution in [-0.2, 0) is 6.54 Å². The van der Waals surface area contributed by atoms with E-state index in [-0.39, 0.29) is 5.95 Å². The standard InChI is InChI=1S/C21H20N8O3/c1-3-10-28-12-15-17(26-28)19-24-18(16-5-4-11-32-16)27-29(19)20(23-15)25-21(30)22-13-6-8-14(31-2)9-7-13/h4-9,11-12H,3,10H2,1-2H3,(H2,22,23,25,30). The Balaban J connectivity index is 1.53. The topological polar surface area (TPSA) is 124 Å². The fourth-order valence-electron chi connectivity index (χ4n) is 3.30. The molecule has 0 aliphatic heterocycles. The third-order valence-electron chi connectivity index (χ3n) is 4.76. The van der Waals surface area contributed by atoms with Crippen molar-refractivity contribution in [2.75, 3.05) is 17.7 Å². The highest BCUT2D eigenvalue weighted by molar-refractivity contribution is 6.00. The number of urea groups is 1. The zero-order chi connectivity index (χ0) is 22.1. The zero-order valence-electron chi connectivity index (χ0n) is 17.4. The second-order valence-electron chi connectivity index (χ2n) is 7.02. The van der Waals surface area contributed by atoms with Crippen LogP contribution in [0.3, 0.4) is 0 Å². The Labute approximate surface area is 182 Å². The number of nitrogens with zero attached hydrogens (tertiary/aromatic N) is 6. The van der Waals surface area contributed by atoms with Gasteiger partial charge in [-0.1, -0.05) is 6.92 Å². The predicted octanol–water partition coefficient (Wildman–Crippen LogP) is 3.80. The van der Waals surface area contributed by atoms with E-state index in [9.17, 15) is 4.79 Å². The van der Waals surface area contributed by atoms with Gasteiger partial charge in [0.25, 0.3) is 0 Å². The molecule has 0 atom stereocenters. The Kier molecular flexibility index (Phi) is 4.90. The molecule has 1 aromatic carbocycles. The molecule has 4 aromatic heterocycles. The molecule has 0 spiro atoms. The van der Waals surface area contributed by atoms with Crippen molar-refractivity contribution in [2.24, 2.45) is 0 Å². The number of ether oxygens (including phenoxy) is 1.